The minimum absolute atomic E-state index is 0.0252. The molecule has 0 saturated heterocycles. The van der Waals surface area contributed by atoms with Crippen LogP contribution in [-0.4, -0.2) is 71.7 Å². The molecule has 4 saturated carbocycles. The Balaban J connectivity index is 0.000000126. The molecule has 8 aliphatic rings. The number of rotatable bonds is 14. The first kappa shape index (κ1) is 75.6. The molecule has 16 rings (SSSR count). The number of halogens is 16. The van der Waals surface area contributed by atoms with Gasteiger partial charge < -0.3 is 57.6 Å². The first-order valence-corrected chi connectivity index (χ1v) is 33.9. The van der Waals surface area contributed by atoms with Gasteiger partial charge in [0.2, 0.25) is 0 Å². The molecule has 107 heavy (non-hydrogen) atoms. The van der Waals surface area contributed by atoms with Gasteiger partial charge in [0, 0.05) is 70.2 Å². The first-order valence-electron chi connectivity index (χ1n) is 32.4. The van der Waals surface area contributed by atoms with Gasteiger partial charge in [-0.25, -0.2) is 0 Å². The quantitative estimate of drug-likeness (QED) is 0.0768. The molecule has 4 aliphatic heterocycles. The zero-order valence-corrected chi connectivity index (χ0v) is 58.6. The van der Waals surface area contributed by atoms with Crippen LogP contribution >= 0.6 is 46.4 Å². The van der Waals surface area contributed by atoms with Crippen molar-refractivity contribution < 1.29 is 129 Å². The Morgan fingerprint density at radius 3 is 0.953 bits per heavy atom. The van der Waals surface area contributed by atoms with Gasteiger partial charge in [0.25, 0.3) is 0 Å². The molecular formula is C75H54Cl4F12O16. The summed E-state index contributed by atoms with van der Waals surface area (Å²) in [5, 5.41) is 18.0. The predicted octanol–water partition coefficient (Wildman–Crippen LogP) is 21.0. The number of hydrogen-bond acceptors (Lipinski definition) is 14. The summed E-state index contributed by atoms with van der Waals surface area (Å²) in [7, 11) is 0. The van der Waals surface area contributed by atoms with Crippen molar-refractivity contribution in [1.82, 2.24) is 0 Å². The fraction of sp³-hybridized carbons (Fsp3) is 0.307. The lowest BCUT2D eigenvalue weighted by Crippen LogP contribution is -2.23. The number of carbonyl (C=O) groups excluding carboxylic acids is 2. The van der Waals surface area contributed by atoms with Gasteiger partial charge in [-0.15, -0.1) is 0 Å². The standard InChI is InChI=1S/C20H16ClF3O4.C19H14ClF3O4.2C18H12ClF3O4/c1-3-26-18(25)19(2)16-12-6-5-11(9-15(12)28-17(16)19)27-14-7-4-10(8-13(14)21)20(22,23)24;1-2-25-18(24)16-15-11-5-4-10(8-14(11)27-17(15)16)26-13-6-3-9(7-12(13)20)19(21,22)23;2*1-17(16(23)24)14-10-4-3-9(7-13(10)26-15(14)17)25-12-5-2-8(6-11(12)19)18(20,21)22/h4-9,16-17H,3H2,1-2H3;3-8,15-17H,2H2,1H3;2*2-7,14-15H,1H3,(H,23,24)/t16-,17+,19?;;14-,15+,17+;14-,15+,17-/m0.00/s1. The molecule has 16 nitrogen and oxygen atoms in total. The average molecular weight is 1580 g/mol. The van der Waals surface area contributed by atoms with Gasteiger partial charge >= 0.3 is 48.6 Å². The molecule has 0 aromatic heterocycles. The van der Waals surface area contributed by atoms with E-state index in [4.69, 9.17) is 93.8 Å². The molecule has 32 heteroatoms. The monoisotopic (exact) mass is 1580 g/mol. The summed E-state index contributed by atoms with van der Waals surface area (Å²) in [5.74, 6) is 0.826. The highest BCUT2D eigenvalue weighted by atomic mass is 35.5. The van der Waals surface area contributed by atoms with Crippen molar-refractivity contribution in [3.05, 3.63) is 210 Å². The van der Waals surface area contributed by atoms with Crippen molar-refractivity contribution in [1.29, 1.82) is 0 Å². The Labute approximate surface area is 618 Å². The Hall–Kier alpha value is -9.64. The van der Waals surface area contributed by atoms with Crippen molar-refractivity contribution in [2.75, 3.05) is 13.2 Å². The SMILES string of the molecule is CCOC(=O)C1(C)[C@@H]2Oc3cc(Oc4ccc(C(F)(F)F)cc4Cl)ccc3[C@@H]21.CCOC(=O)C1C2Oc3cc(Oc4ccc(C(F)(F)F)cc4Cl)ccc3C21.C[C@@]1(C(=O)O)[C@@H]2Oc3cc(Oc4ccc(C(F)(F)F)cc4Cl)ccc3[C@@H]21.C[C@]1(C(=O)O)[C@@H]2Oc3cc(Oc4ccc(C(F)(F)F)cc4Cl)ccc3[C@@H]21. The lowest BCUT2D eigenvalue weighted by atomic mass is 10.00. The Morgan fingerprint density at radius 2 is 0.673 bits per heavy atom. The van der Waals surface area contributed by atoms with E-state index in [-0.39, 0.29) is 96.8 Å². The zero-order valence-electron chi connectivity index (χ0n) is 55.6. The van der Waals surface area contributed by atoms with Crippen molar-refractivity contribution >= 4 is 70.3 Å². The van der Waals surface area contributed by atoms with Crippen LogP contribution in [0.2, 0.25) is 20.1 Å². The van der Waals surface area contributed by atoms with E-state index in [1.165, 1.54) is 12.1 Å². The molecule has 0 bridgehead atoms. The van der Waals surface area contributed by atoms with Crippen LogP contribution in [0.3, 0.4) is 0 Å². The van der Waals surface area contributed by atoms with Gasteiger partial charge in [0.05, 0.1) is 55.6 Å². The van der Waals surface area contributed by atoms with Gasteiger partial charge in [0.1, 0.15) is 116 Å². The Kier molecular flexibility index (Phi) is 19.2. The number of ether oxygens (including phenoxy) is 10. The van der Waals surface area contributed by atoms with E-state index in [1.54, 1.807) is 100 Å². The second-order valence-electron chi connectivity index (χ2n) is 26.4. The number of aliphatic carboxylic acids is 2. The molecule has 12 atom stereocenters. The van der Waals surface area contributed by atoms with E-state index in [2.05, 4.69) is 0 Å². The second-order valence-corrected chi connectivity index (χ2v) is 28.0. The molecule has 8 aromatic carbocycles. The third-order valence-corrected chi connectivity index (χ3v) is 20.9. The minimum Gasteiger partial charge on any atom is -0.488 e. The predicted molar refractivity (Wildman–Crippen MR) is 357 cm³/mol. The van der Waals surface area contributed by atoms with Crippen molar-refractivity contribution in [2.24, 2.45) is 22.2 Å². The van der Waals surface area contributed by atoms with Crippen molar-refractivity contribution in [3.8, 4) is 69.0 Å². The van der Waals surface area contributed by atoms with Crippen molar-refractivity contribution in [2.45, 2.75) is 107 Å². The highest BCUT2D eigenvalue weighted by Crippen LogP contribution is 2.70. The van der Waals surface area contributed by atoms with Gasteiger partial charge in [-0.1, -0.05) is 70.7 Å². The number of carbonyl (C=O) groups is 4. The van der Waals surface area contributed by atoms with Crippen LogP contribution in [-0.2, 0) is 53.4 Å². The molecule has 4 aliphatic carbocycles. The van der Waals surface area contributed by atoms with Gasteiger partial charge in [-0.05, 0) is 132 Å². The zero-order chi connectivity index (χ0) is 77.3. The van der Waals surface area contributed by atoms with Crippen LogP contribution in [0.4, 0.5) is 52.7 Å². The summed E-state index contributed by atoms with van der Waals surface area (Å²) in [6.07, 6.45) is -19.3. The summed E-state index contributed by atoms with van der Waals surface area (Å²) >= 11 is 23.6. The normalized spacial score (nSPS) is 24.7. The van der Waals surface area contributed by atoms with E-state index in [0.717, 1.165) is 82.9 Å². The maximum atomic E-state index is 12.7. The van der Waals surface area contributed by atoms with Crippen LogP contribution < -0.4 is 37.9 Å². The largest absolute Gasteiger partial charge is 0.488 e. The maximum absolute atomic E-state index is 12.7. The van der Waals surface area contributed by atoms with Crippen LogP contribution in [0.25, 0.3) is 0 Å². The highest BCUT2D eigenvalue weighted by Gasteiger charge is 2.75. The summed E-state index contributed by atoms with van der Waals surface area (Å²) in [5.41, 5.74) is -2.62. The summed E-state index contributed by atoms with van der Waals surface area (Å²) in [6.45, 7) is 9.23. The Bertz CT molecular complexity index is 4790. The fourth-order valence-electron chi connectivity index (χ4n) is 13.7. The molecular weight excluding hydrogens is 1530 g/mol. The highest BCUT2D eigenvalue weighted by molar-refractivity contribution is 6.33. The van der Waals surface area contributed by atoms with Crippen LogP contribution in [0.5, 0.6) is 69.0 Å². The lowest BCUT2D eigenvalue weighted by Gasteiger charge is -2.16. The third-order valence-electron chi connectivity index (χ3n) is 19.7. The number of carboxylic acid groups (broad SMARTS) is 2. The van der Waals surface area contributed by atoms with E-state index < -0.39 is 87.4 Å². The van der Waals surface area contributed by atoms with E-state index >= 15 is 0 Å². The number of alkyl halides is 12. The summed E-state index contributed by atoms with van der Waals surface area (Å²) in [4.78, 5) is 46.7. The number of hydrogen-bond donors (Lipinski definition) is 2. The Morgan fingerprint density at radius 1 is 0.393 bits per heavy atom. The molecule has 0 radical (unpaired) electrons. The molecule has 4 heterocycles. The molecule has 2 N–H and O–H groups in total. The lowest BCUT2D eigenvalue weighted by molar-refractivity contribution is -0.150. The van der Waals surface area contributed by atoms with Gasteiger partial charge in [0.15, 0.2) is 0 Å². The molecule has 8 aromatic rings. The number of carboxylic acids is 2. The van der Waals surface area contributed by atoms with Crippen molar-refractivity contribution in [3.63, 3.8) is 0 Å². The van der Waals surface area contributed by atoms with E-state index in [9.17, 15) is 82.1 Å². The number of benzene rings is 8. The van der Waals surface area contributed by atoms with Crippen LogP contribution in [0.15, 0.2) is 146 Å². The third kappa shape index (κ3) is 14.1. The second kappa shape index (κ2) is 27.2. The molecule has 562 valence electrons. The summed E-state index contributed by atoms with van der Waals surface area (Å²) in [6, 6.07) is 31.5. The van der Waals surface area contributed by atoms with E-state index in [0.29, 0.717) is 59.2 Å². The average Bonchev–Trinajstić information content (AvgIpc) is 1.54. The summed E-state index contributed by atoms with van der Waals surface area (Å²) < 4.78 is 208. The van der Waals surface area contributed by atoms with Gasteiger partial charge in [-0.2, -0.15) is 52.7 Å². The number of esters is 2. The fourth-order valence-corrected chi connectivity index (χ4v) is 14.6. The van der Waals surface area contributed by atoms with Crippen LogP contribution in [0.1, 0.15) is 103 Å². The molecule has 0 amide bonds. The first-order chi connectivity index (χ1) is 50.2. The maximum Gasteiger partial charge on any atom is 0.416 e. The molecule has 0 spiro atoms. The van der Waals surface area contributed by atoms with Crippen LogP contribution in [0, 0.1) is 22.2 Å². The molecule has 4 unspecified atom stereocenters. The van der Waals surface area contributed by atoms with Gasteiger partial charge in [-0.3, -0.25) is 19.2 Å². The molecule has 4 fully saturated rings. The van der Waals surface area contributed by atoms with E-state index in [1.807, 2.05) is 6.92 Å². The topological polar surface area (TPSA) is 201 Å². The minimum atomic E-state index is -4.48. The smallest absolute Gasteiger partial charge is 0.416 e. The number of fused-ring (bicyclic) bond motifs is 12.